The number of halogens is 3. The highest BCUT2D eigenvalue weighted by molar-refractivity contribution is 9.10. The van der Waals surface area contributed by atoms with E-state index in [1.54, 1.807) is 6.07 Å². The highest BCUT2D eigenvalue weighted by atomic mass is 79.9. The van der Waals surface area contributed by atoms with E-state index in [0.717, 1.165) is 10.0 Å². The van der Waals surface area contributed by atoms with Crippen LogP contribution in [0.1, 0.15) is 18.5 Å². The molecule has 0 aliphatic heterocycles. The molecule has 0 aliphatic carbocycles. The monoisotopic (exact) mass is 336 g/mol. The van der Waals surface area contributed by atoms with E-state index in [9.17, 15) is 8.78 Å². The van der Waals surface area contributed by atoms with Gasteiger partial charge in [-0.05, 0) is 31.7 Å². The molecule has 0 radical (unpaired) electrons. The quantitative estimate of drug-likeness (QED) is 0.803. The lowest BCUT2D eigenvalue weighted by Crippen LogP contribution is -2.33. The largest absolute Gasteiger partial charge is 0.395 e. The third-order valence-electron chi connectivity index (χ3n) is 2.96. The molecular weight excluding hydrogens is 318 g/mol. The number of benzene rings is 1. The first-order valence-electron chi connectivity index (χ1n) is 6.10. The zero-order chi connectivity index (χ0) is 14.4. The molecule has 1 aromatic carbocycles. The van der Waals surface area contributed by atoms with Crippen molar-refractivity contribution in [1.82, 2.24) is 5.32 Å². The lowest BCUT2D eigenvalue weighted by Gasteiger charge is -2.28. The van der Waals surface area contributed by atoms with E-state index in [1.807, 2.05) is 26.1 Å². The number of rotatable bonds is 7. The standard InChI is InChI=1S/C13H19BrF2N2O/c1-9(17-2)11-4-3-10(14)7-12(11)18(5-6-19)8-13(15)16/h3-4,7,9,13,17,19H,5-6,8H2,1-2H3. The Labute approximate surface area is 120 Å². The molecule has 0 bridgehead atoms. The van der Waals surface area contributed by atoms with Crippen LogP contribution in [0.4, 0.5) is 14.5 Å². The molecule has 1 aromatic rings. The first kappa shape index (κ1) is 16.3. The maximum absolute atomic E-state index is 12.7. The molecule has 6 heteroatoms. The second-order valence-corrected chi connectivity index (χ2v) is 5.19. The van der Waals surface area contributed by atoms with Gasteiger partial charge in [-0.3, -0.25) is 0 Å². The number of nitrogens with zero attached hydrogens (tertiary/aromatic N) is 1. The van der Waals surface area contributed by atoms with Crippen molar-refractivity contribution >= 4 is 21.6 Å². The number of nitrogens with one attached hydrogen (secondary N) is 1. The van der Waals surface area contributed by atoms with Crippen LogP contribution in [0.15, 0.2) is 22.7 Å². The summed E-state index contributed by atoms with van der Waals surface area (Å²) in [5.74, 6) is 0. The van der Waals surface area contributed by atoms with Crippen LogP contribution in [0.25, 0.3) is 0 Å². The number of aliphatic hydroxyl groups excluding tert-OH is 1. The van der Waals surface area contributed by atoms with Gasteiger partial charge in [0.2, 0.25) is 0 Å². The number of hydrogen-bond acceptors (Lipinski definition) is 3. The van der Waals surface area contributed by atoms with E-state index in [4.69, 9.17) is 5.11 Å². The van der Waals surface area contributed by atoms with E-state index >= 15 is 0 Å². The molecule has 108 valence electrons. The van der Waals surface area contributed by atoms with Crippen LogP contribution < -0.4 is 10.2 Å². The summed E-state index contributed by atoms with van der Waals surface area (Å²) in [7, 11) is 1.82. The molecular formula is C13H19BrF2N2O. The molecule has 1 rings (SSSR count). The fourth-order valence-corrected chi connectivity index (χ4v) is 2.26. The van der Waals surface area contributed by atoms with E-state index in [1.165, 1.54) is 4.90 Å². The first-order valence-corrected chi connectivity index (χ1v) is 6.89. The summed E-state index contributed by atoms with van der Waals surface area (Å²) in [5.41, 5.74) is 1.64. The fraction of sp³-hybridized carbons (Fsp3) is 0.538. The maximum atomic E-state index is 12.7. The van der Waals surface area contributed by atoms with Crippen molar-refractivity contribution in [2.45, 2.75) is 19.4 Å². The summed E-state index contributed by atoms with van der Waals surface area (Å²) >= 11 is 3.36. The van der Waals surface area contributed by atoms with Crippen molar-refractivity contribution in [3.8, 4) is 0 Å². The van der Waals surface area contributed by atoms with E-state index in [-0.39, 0.29) is 25.7 Å². The zero-order valence-electron chi connectivity index (χ0n) is 11.0. The van der Waals surface area contributed by atoms with Crippen molar-refractivity contribution in [3.05, 3.63) is 28.2 Å². The lowest BCUT2D eigenvalue weighted by molar-refractivity contribution is 0.152. The number of alkyl halides is 2. The molecule has 0 heterocycles. The van der Waals surface area contributed by atoms with Gasteiger partial charge in [-0.2, -0.15) is 0 Å². The minimum atomic E-state index is -2.44. The average molecular weight is 337 g/mol. The number of aliphatic hydroxyl groups is 1. The van der Waals surface area contributed by atoms with Crippen molar-refractivity contribution < 1.29 is 13.9 Å². The summed E-state index contributed by atoms with van der Waals surface area (Å²) < 4.78 is 26.1. The van der Waals surface area contributed by atoms with Crippen LogP contribution in [0.3, 0.4) is 0 Å². The molecule has 0 saturated heterocycles. The molecule has 0 aromatic heterocycles. The lowest BCUT2D eigenvalue weighted by atomic mass is 10.1. The van der Waals surface area contributed by atoms with E-state index in [2.05, 4.69) is 21.2 Å². The Hall–Kier alpha value is -0.720. The van der Waals surface area contributed by atoms with E-state index in [0.29, 0.717) is 5.69 Å². The predicted octanol–water partition coefficient (Wildman–Crippen LogP) is 2.79. The molecule has 0 saturated carbocycles. The topological polar surface area (TPSA) is 35.5 Å². The minimum absolute atomic E-state index is 0.0435. The highest BCUT2D eigenvalue weighted by Gasteiger charge is 2.18. The third-order valence-corrected chi connectivity index (χ3v) is 3.45. The van der Waals surface area contributed by atoms with Gasteiger partial charge in [-0.1, -0.05) is 22.0 Å². The smallest absolute Gasteiger partial charge is 0.255 e. The maximum Gasteiger partial charge on any atom is 0.255 e. The van der Waals surface area contributed by atoms with Crippen LogP contribution >= 0.6 is 15.9 Å². The Bertz CT molecular complexity index is 404. The molecule has 0 spiro atoms. The predicted molar refractivity (Wildman–Crippen MR) is 76.9 cm³/mol. The second kappa shape index (κ2) is 7.77. The Morgan fingerprint density at radius 2 is 2.11 bits per heavy atom. The van der Waals surface area contributed by atoms with Crippen LogP contribution in [0.2, 0.25) is 0 Å². The van der Waals surface area contributed by atoms with Gasteiger partial charge in [0.25, 0.3) is 6.43 Å². The van der Waals surface area contributed by atoms with E-state index < -0.39 is 6.43 Å². The molecule has 0 aliphatic rings. The fourth-order valence-electron chi connectivity index (χ4n) is 1.91. The molecule has 1 unspecified atom stereocenters. The van der Waals surface area contributed by atoms with Crippen molar-refractivity contribution in [3.63, 3.8) is 0 Å². The van der Waals surface area contributed by atoms with Gasteiger partial charge in [0.15, 0.2) is 0 Å². The summed E-state index contributed by atoms with van der Waals surface area (Å²) in [6.45, 7) is 1.60. The van der Waals surface area contributed by atoms with Gasteiger partial charge in [0.05, 0.1) is 13.2 Å². The molecule has 3 nitrogen and oxygen atoms in total. The number of hydrogen-bond donors (Lipinski definition) is 2. The van der Waals surface area contributed by atoms with Crippen LogP contribution in [-0.4, -0.2) is 38.3 Å². The Morgan fingerprint density at radius 3 is 2.63 bits per heavy atom. The highest BCUT2D eigenvalue weighted by Crippen LogP contribution is 2.30. The Morgan fingerprint density at radius 1 is 1.42 bits per heavy atom. The van der Waals surface area contributed by atoms with Gasteiger partial charge in [-0.15, -0.1) is 0 Å². The average Bonchev–Trinajstić information content (AvgIpc) is 2.36. The van der Waals surface area contributed by atoms with Gasteiger partial charge >= 0.3 is 0 Å². The Balaban J connectivity index is 3.14. The van der Waals surface area contributed by atoms with Gasteiger partial charge in [0, 0.05) is 22.7 Å². The summed E-state index contributed by atoms with van der Waals surface area (Å²) in [6, 6.07) is 5.63. The second-order valence-electron chi connectivity index (χ2n) is 4.27. The molecule has 19 heavy (non-hydrogen) atoms. The van der Waals surface area contributed by atoms with Crippen LogP contribution in [0.5, 0.6) is 0 Å². The zero-order valence-corrected chi connectivity index (χ0v) is 12.6. The van der Waals surface area contributed by atoms with Crippen molar-refractivity contribution in [2.75, 3.05) is 31.6 Å². The normalized spacial score (nSPS) is 12.8. The summed E-state index contributed by atoms with van der Waals surface area (Å²) in [5, 5.41) is 12.2. The van der Waals surface area contributed by atoms with Crippen LogP contribution in [-0.2, 0) is 0 Å². The third kappa shape index (κ3) is 4.71. The number of anilines is 1. The first-order chi connectivity index (χ1) is 8.99. The van der Waals surface area contributed by atoms with Crippen molar-refractivity contribution in [2.24, 2.45) is 0 Å². The Kier molecular flexibility index (Phi) is 6.68. The van der Waals surface area contributed by atoms with Crippen molar-refractivity contribution in [1.29, 1.82) is 0 Å². The van der Waals surface area contributed by atoms with Gasteiger partial charge in [-0.25, -0.2) is 8.78 Å². The molecule has 2 N–H and O–H groups in total. The van der Waals surface area contributed by atoms with Gasteiger partial charge < -0.3 is 15.3 Å². The minimum Gasteiger partial charge on any atom is -0.395 e. The summed E-state index contributed by atoms with van der Waals surface area (Å²) in [6.07, 6.45) is -2.44. The van der Waals surface area contributed by atoms with Gasteiger partial charge in [0.1, 0.15) is 0 Å². The molecule has 1 atom stereocenters. The molecule has 0 fully saturated rings. The van der Waals surface area contributed by atoms with Crippen LogP contribution in [0, 0.1) is 0 Å². The SMILES string of the molecule is CNC(C)c1ccc(Br)cc1N(CCO)CC(F)F. The molecule has 0 amide bonds. The summed E-state index contributed by atoms with van der Waals surface area (Å²) in [4.78, 5) is 1.51.